The van der Waals surface area contributed by atoms with Gasteiger partial charge in [0.1, 0.15) is 29.6 Å². The van der Waals surface area contributed by atoms with Crippen LogP contribution in [0.15, 0.2) is 42.6 Å². The van der Waals surface area contributed by atoms with Crippen molar-refractivity contribution in [2.24, 2.45) is 0 Å². The number of rotatable bonds is 3. The highest BCUT2D eigenvalue weighted by Crippen LogP contribution is 2.22. The molecular formula is C17H16FN3O. The number of piperidine rings is 1. The number of hydrogen-bond donors (Lipinski definition) is 0. The summed E-state index contributed by atoms with van der Waals surface area (Å²) in [4.78, 5) is 6.50. The zero-order valence-corrected chi connectivity index (χ0v) is 12.1. The van der Waals surface area contributed by atoms with E-state index in [1.54, 1.807) is 24.4 Å². The Kier molecular flexibility index (Phi) is 4.19. The minimum Gasteiger partial charge on any atom is -0.490 e. The van der Waals surface area contributed by atoms with Crippen LogP contribution in [0.25, 0.3) is 0 Å². The van der Waals surface area contributed by atoms with Gasteiger partial charge >= 0.3 is 0 Å². The minimum atomic E-state index is -0.256. The van der Waals surface area contributed by atoms with E-state index >= 15 is 0 Å². The van der Waals surface area contributed by atoms with Crippen molar-refractivity contribution in [2.45, 2.75) is 18.9 Å². The summed E-state index contributed by atoms with van der Waals surface area (Å²) in [7, 11) is 0. The maximum absolute atomic E-state index is 12.9. The Labute approximate surface area is 128 Å². The molecule has 0 N–H and O–H groups in total. The van der Waals surface area contributed by atoms with Crippen LogP contribution in [0.1, 0.15) is 18.4 Å². The lowest BCUT2D eigenvalue weighted by molar-refractivity contribution is 0.170. The molecule has 2 heterocycles. The Morgan fingerprint density at radius 3 is 2.45 bits per heavy atom. The second-order valence-electron chi connectivity index (χ2n) is 5.28. The largest absolute Gasteiger partial charge is 0.490 e. The number of pyridine rings is 1. The van der Waals surface area contributed by atoms with Gasteiger partial charge in [0.2, 0.25) is 0 Å². The van der Waals surface area contributed by atoms with E-state index < -0.39 is 0 Å². The first-order chi connectivity index (χ1) is 10.7. The summed E-state index contributed by atoms with van der Waals surface area (Å²) < 4.78 is 18.7. The number of aromatic nitrogens is 1. The number of ether oxygens (including phenoxy) is 1. The summed E-state index contributed by atoms with van der Waals surface area (Å²) in [6.45, 7) is 1.70. The van der Waals surface area contributed by atoms with Crippen molar-refractivity contribution in [1.82, 2.24) is 4.98 Å². The second kappa shape index (κ2) is 6.44. The van der Waals surface area contributed by atoms with Crippen molar-refractivity contribution in [2.75, 3.05) is 18.0 Å². The summed E-state index contributed by atoms with van der Waals surface area (Å²) >= 11 is 0. The number of hydrogen-bond acceptors (Lipinski definition) is 4. The molecule has 1 aromatic heterocycles. The Morgan fingerprint density at radius 2 is 1.86 bits per heavy atom. The Morgan fingerprint density at radius 1 is 1.14 bits per heavy atom. The molecule has 0 radical (unpaired) electrons. The van der Waals surface area contributed by atoms with E-state index in [4.69, 9.17) is 10.00 Å². The molecule has 112 valence electrons. The third kappa shape index (κ3) is 3.34. The molecular weight excluding hydrogens is 281 g/mol. The minimum absolute atomic E-state index is 0.139. The van der Waals surface area contributed by atoms with E-state index in [0.717, 1.165) is 31.7 Å². The van der Waals surface area contributed by atoms with Gasteiger partial charge in [0, 0.05) is 32.1 Å². The average Bonchev–Trinajstić information content (AvgIpc) is 2.58. The Hall–Kier alpha value is -2.61. The van der Waals surface area contributed by atoms with Crippen molar-refractivity contribution in [1.29, 1.82) is 5.26 Å². The molecule has 0 spiro atoms. The molecule has 0 saturated carbocycles. The Bertz CT molecular complexity index is 656. The molecule has 1 aliphatic heterocycles. The zero-order chi connectivity index (χ0) is 15.4. The second-order valence-corrected chi connectivity index (χ2v) is 5.28. The molecule has 1 aliphatic rings. The van der Waals surface area contributed by atoms with Gasteiger partial charge in [-0.15, -0.1) is 0 Å². The van der Waals surface area contributed by atoms with Crippen LogP contribution < -0.4 is 9.64 Å². The van der Waals surface area contributed by atoms with E-state index in [1.807, 2.05) is 6.07 Å². The van der Waals surface area contributed by atoms with Gasteiger partial charge in [-0.25, -0.2) is 9.37 Å². The Balaban J connectivity index is 1.55. The first-order valence-corrected chi connectivity index (χ1v) is 7.28. The first kappa shape index (κ1) is 14.3. The standard InChI is InChI=1S/C17H16FN3O/c18-14-2-4-15(5-3-14)22-16-7-9-21(10-8-16)17-6-1-13(11-19)12-20-17/h1-6,12,16H,7-10H2. The molecule has 0 atom stereocenters. The molecule has 3 rings (SSSR count). The molecule has 5 heteroatoms. The maximum Gasteiger partial charge on any atom is 0.128 e. The molecule has 1 aromatic carbocycles. The van der Waals surface area contributed by atoms with Crippen LogP contribution in [0.2, 0.25) is 0 Å². The molecule has 1 fully saturated rings. The van der Waals surface area contributed by atoms with Crippen LogP contribution in [0.4, 0.5) is 10.2 Å². The van der Waals surface area contributed by atoms with Crippen molar-refractivity contribution >= 4 is 5.82 Å². The van der Waals surface area contributed by atoms with Gasteiger partial charge in [-0.2, -0.15) is 5.26 Å². The normalized spacial score (nSPS) is 15.4. The third-order valence-corrected chi connectivity index (χ3v) is 3.76. The van der Waals surface area contributed by atoms with Gasteiger partial charge in [-0.3, -0.25) is 0 Å². The van der Waals surface area contributed by atoms with Crippen LogP contribution in [-0.4, -0.2) is 24.2 Å². The lowest BCUT2D eigenvalue weighted by Crippen LogP contribution is -2.38. The highest BCUT2D eigenvalue weighted by molar-refractivity contribution is 5.42. The predicted octanol–water partition coefficient (Wildman–Crippen LogP) is 3.14. The lowest BCUT2D eigenvalue weighted by atomic mass is 10.1. The predicted molar refractivity (Wildman–Crippen MR) is 81.2 cm³/mol. The number of nitrogens with zero attached hydrogens (tertiary/aromatic N) is 3. The van der Waals surface area contributed by atoms with Crippen molar-refractivity contribution in [3.8, 4) is 11.8 Å². The fourth-order valence-corrected chi connectivity index (χ4v) is 2.55. The van der Waals surface area contributed by atoms with Crippen molar-refractivity contribution < 1.29 is 9.13 Å². The van der Waals surface area contributed by atoms with Gasteiger partial charge in [-0.1, -0.05) is 0 Å². The van der Waals surface area contributed by atoms with Gasteiger partial charge in [0.05, 0.1) is 5.56 Å². The van der Waals surface area contributed by atoms with Crippen LogP contribution in [0.5, 0.6) is 5.75 Å². The van der Waals surface area contributed by atoms with Gasteiger partial charge in [-0.05, 0) is 36.4 Å². The van der Waals surface area contributed by atoms with Gasteiger partial charge < -0.3 is 9.64 Å². The fraction of sp³-hybridized carbons (Fsp3) is 0.294. The molecule has 22 heavy (non-hydrogen) atoms. The molecule has 0 unspecified atom stereocenters. The number of anilines is 1. The van der Waals surface area contributed by atoms with Crippen LogP contribution >= 0.6 is 0 Å². The molecule has 4 nitrogen and oxygen atoms in total. The van der Waals surface area contributed by atoms with Crippen LogP contribution in [0.3, 0.4) is 0 Å². The topological polar surface area (TPSA) is 49.2 Å². The highest BCUT2D eigenvalue weighted by Gasteiger charge is 2.21. The average molecular weight is 297 g/mol. The summed E-state index contributed by atoms with van der Waals surface area (Å²) in [5, 5.41) is 8.79. The van der Waals surface area contributed by atoms with E-state index in [0.29, 0.717) is 11.3 Å². The van der Waals surface area contributed by atoms with Crippen LogP contribution in [0, 0.1) is 17.1 Å². The number of halogens is 1. The smallest absolute Gasteiger partial charge is 0.128 e. The molecule has 2 aromatic rings. The van der Waals surface area contributed by atoms with Gasteiger partial charge in [0.25, 0.3) is 0 Å². The van der Waals surface area contributed by atoms with E-state index in [-0.39, 0.29) is 11.9 Å². The number of nitriles is 1. The summed E-state index contributed by atoms with van der Waals surface area (Å²) in [5.74, 6) is 1.34. The number of benzene rings is 1. The third-order valence-electron chi connectivity index (χ3n) is 3.76. The van der Waals surface area contributed by atoms with E-state index in [1.165, 1.54) is 12.1 Å². The maximum atomic E-state index is 12.9. The van der Waals surface area contributed by atoms with Crippen molar-refractivity contribution in [3.63, 3.8) is 0 Å². The van der Waals surface area contributed by atoms with Crippen molar-refractivity contribution in [3.05, 3.63) is 54.0 Å². The monoisotopic (exact) mass is 297 g/mol. The van der Waals surface area contributed by atoms with E-state index in [2.05, 4.69) is 16.0 Å². The molecule has 0 bridgehead atoms. The lowest BCUT2D eigenvalue weighted by Gasteiger charge is -2.32. The summed E-state index contributed by atoms with van der Waals surface area (Å²) in [5.41, 5.74) is 0.568. The molecule has 0 amide bonds. The fourth-order valence-electron chi connectivity index (χ4n) is 2.55. The summed E-state index contributed by atoms with van der Waals surface area (Å²) in [6, 6.07) is 11.9. The van der Waals surface area contributed by atoms with Crippen LogP contribution in [-0.2, 0) is 0 Å². The quantitative estimate of drug-likeness (QED) is 0.873. The molecule has 1 saturated heterocycles. The highest BCUT2D eigenvalue weighted by atomic mass is 19.1. The first-order valence-electron chi connectivity index (χ1n) is 7.28. The summed E-state index contributed by atoms with van der Waals surface area (Å²) in [6.07, 6.45) is 3.51. The van der Waals surface area contributed by atoms with E-state index in [9.17, 15) is 4.39 Å². The SMILES string of the molecule is N#Cc1ccc(N2CCC(Oc3ccc(F)cc3)CC2)nc1. The zero-order valence-electron chi connectivity index (χ0n) is 12.1. The van der Waals surface area contributed by atoms with Gasteiger partial charge in [0.15, 0.2) is 0 Å². The molecule has 0 aliphatic carbocycles.